The monoisotopic (exact) mass is 517 g/mol. The largest absolute Gasteiger partial charge is 0.482 e. The Balaban J connectivity index is 1.56. The lowest BCUT2D eigenvalue weighted by Gasteiger charge is -2.33. The zero-order valence-electron chi connectivity index (χ0n) is 18.7. The van der Waals surface area contributed by atoms with Gasteiger partial charge in [0.15, 0.2) is 6.61 Å². The van der Waals surface area contributed by atoms with Gasteiger partial charge in [0.25, 0.3) is 11.8 Å². The number of carbonyl (C=O) groups excluding carboxylic acids is 2. The predicted octanol–water partition coefficient (Wildman–Crippen LogP) is 4.03. The van der Waals surface area contributed by atoms with Crippen LogP contribution in [0.15, 0.2) is 36.4 Å². The van der Waals surface area contributed by atoms with Crippen LogP contribution in [-0.2, 0) is 21.9 Å². The van der Waals surface area contributed by atoms with Crippen LogP contribution in [0.2, 0.25) is 0 Å². The van der Waals surface area contributed by atoms with Crippen LogP contribution in [0.5, 0.6) is 5.75 Å². The third kappa shape index (κ3) is 5.90. The first-order valence-electron chi connectivity index (χ1n) is 10.9. The van der Waals surface area contributed by atoms with Gasteiger partial charge in [-0.1, -0.05) is 0 Å². The van der Waals surface area contributed by atoms with Gasteiger partial charge in [0.05, 0.1) is 30.0 Å². The van der Waals surface area contributed by atoms with Crippen LogP contribution in [0.25, 0.3) is 0 Å². The van der Waals surface area contributed by atoms with Crippen molar-refractivity contribution in [3.05, 3.63) is 53.1 Å². The second-order valence-electron chi connectivity index (χ2n) is 8.22. The van der Waals surface area contributed by atoms with E-state index in [1.807, 2.05) is 0 Å². The first kappa shape index (κ1) is 25.8. The Labute approximate surface area is 201 Å². The van der Waals surface area contributed by atoms with Gasteiger partial charge in [-0.15, -0.1) is 0 Å². The van der Waals surface area contributed by atoms with E-state index in [1.165, 1.54) is 23.1 Å². The summed E-state index contributed by atoms with van der Waals surface area (Å²) in [4.78, 5) is 28.7. The summed E-state index contributed by atoms with van der Waals surface area (Å²) in [6, 6.07) is 4.89. The Hall–Kier alpha value is -3.32. The van der Waals surface area contributed by atoms with Gasteiger partial charge in [0.2, 0.25) is 0 Å². The molecule has 194 valence electrons. The number of anilines is 2. The van der Waals surface area contributed by atoms with Gasteiger partial charge in [-0.05, 0) is 36.4 Å². The zero-order chi connectivity index (χ0) is 26.1. The van der Waals surface area contributed by atoms with Crippen molar-refractivity contribution in [2.24, 2.45) is 0 Å². The van der Waals surface area contributed by atoms with Crippen LogP contribution in [0.4, 0.5) is 37.7 Å². The first-order valence-corrected chi connectivity index (χ1v) is 10.9. The molecule has 0 aliphatic carbocycles. The van der Waals surface area contributed by atoms with E-state index in [0.717, 1.165) is 0 Å². The lowest BCUT2D eigenvalue weighted by molar-refractivity contribution is -0.143. The highest BCUT2D eigenvalue weighted by Crippen LogP contribution is 2.37. The van der Waals surface area contributed by atoms with Crippen LogP contribution in [-0.4, -0.2) is 62.7 Å². The van der Waals surface area contributed by atoms with E-state index in [4.69, 9.17) is 9.47 Å². The van der Waals surface area contributed by atoms with E-state index in [-0.39, 0.29) is 24.3 Å². The molecule has 0 atom stereocenters. The number of ether oxygens (including phenoxy) is 2. The molecule has 1 N–H and O–H groups in total. The maximum absolute atomic E-state index is 13.1. The Morgan fingerprint density at radius 3 is 2.17 bits per heavy atom. The standard InChI is InChI=1S/C23H21F6N3O4/c24-22(25,26)15-9-14(10-16(11-15)23(27,28)29)21(34)30-17-1-2-19-18(12-17)32(20(33)13-36-19)4-3-31-5-7-35-8-6-31/h1-2,9-12H,3-8,13H2,(H,30,34). The number of nitrogens with one attached hydrogen (secondary N) is 1. The molecule has 0 radical (unpaired) electrons. The summed E-state index contributed by atoms with van der Waals surface area (Å²) in [5, 5.41) is 2.31. The molecule has 1 fully saturated rings. The molecule has 2 heterocycles. The average Bonchev–Trinajstić information content (AvgIpc) is 2.82. The molecular formula is C23H21F6N3O4. The first-order chi connectivity index (χ1) is 16.9. The summed E-state index contributed by atoms with van der Waals surface area (Å²) < 4.78 is 89.6. The minimum absolute atomic E-state index is 0.0506. The van der Waals surface area contributed by atoms with Gasteiger partial charge < -0.3 is 19.7 Å². The fourth-order valence-corrected chi connectivity index (χ4v) is 3.88. The number of fused-ring (bicyclic) bond motifs is 1. The lowest BCUT2D eigenvalue weighted by atomic mass is 10.0. The lowest BCUT2D eigenvalue weighted by Crippen LogP contribution is -2.45. The van der Waals surface area contributed by atoms with Gasteiger partial charge in [-0.2, -0.15) is 26.3 Å². The Bertz CT molecular complexity index is 1110. The molecule has 2 aromatic rings. The average molecular weight is 517 g/mol. The number of carbonyl (C=O) groups is 2. The number of amides is 2. The maximum atomic E-state index is 13.1. The fourth-order valence-electron chi connectivity index (χ4n) is 3.88. The number of nitrogens with zero attached hydrogens (tertiary/aromatic N) is 2. The summed E-state index contributed by atoms with van der Waals surface area (Å²) in [6.45, 7) is 3.25. The Morgan fingerprint density at radius 1 is 0.917 bits per heavy atom. The summed E-state index contributed by atoms with van der Waals surface area (Å²) in [6.07, 6.45) is -10.2. The number of hydrogen-bond acceptors (Lipinski definition) is 5. The van der Waals surface area contributed by atoms with E-state index in [0.29, 0.717) is 63.0 Å². The normalized spacial score (nSPS) is 16.9. The smallest absolute Gasteiger partial charge is 0.416 e. The van der Waals surface area contributed by atoms with Crippen LogP contribution < -0.4 is 15.0 Å². The molecule has 0 bridgehead atoms. The molecule has 1 saturated heterocycles. The van der Waals surface area contributed by atoms with E-state index < -0.39 is 35.0 Å². The second-order valence-corrected chi connectivity index (χ2v) is 8.22. The molecule has 0 spiro atoms. The highest BCUT2D eigenvalue weighted by Gasteiger charge is 2.37. The summed E-state index contributed by atoms with van der Waals surface area (Å²) in [5.74, 6) is -1.14. The van der Waals surface area contributed by atoms with Gasteiger partial charge in [0.1, 0.15) is 5.75 Å². The topological polar surface area (TPSA) is 71.1 Å². The van der Waals surface area contributed by atoms with Gasteiger partial charge >= 0.3 is 12.4 Å². The second kappa shape index (κ2) is 9.97. The molecule has 36 heavy (non-hydrogen) atoms. The van der Waals surface area contributed by atoms with E-state index in [1.54, 1.807) is 0 Å². The summed E-state index contributed by atoms with van der Waals surface area (Å²) in [7, 11) is 0. The van der Waals surface area contributed by atoms with Crippen molar-refractivity contribution in [3.8, 4) is 5.75 Å². The molecule has 0 saturated carbocycles. The van der Waals surface area contributed by atoms with E-state index in [2.05, 4.69) is 10.2 Å². The van der Waals surface area contributed by atoms with Crippen LogP contribution in [0, 0.1) is 0 Å². The number of rotatable bonds is 5. The molecule has 7 nitrogen and oxygen atoms in total. The van der Waals surface area contributed by atoms with Crippen molar-refractivity contribution in [2.75, 3.05) is 56.2 Å². The van der Waals surface area contributed by atoms with Crippen molar-refractivity contribution in [2.45, 2.75) is 12.4 Å². The van der Waals surface area contributed by atoms with E-state index in [9.17, 15) is 35.9 Å². The van der Waals surface area contributed by atoms with Crippen molar-refractivity contribution >= 4 is 23.2 Å². The highest BCUT2D eigenvalue weighted by atomic mass is 19.4. The van der Waals surface area contributed by atoms with E-state index >= 15 is 0 Å². The maximum Gasteiger partial charge on any atom is 0.416 e. The Kier molecular flexibility index (Phi) is 7.14. The number of hydrogen-bond donors (Lipinski definition) is 1. The molecule has 2 aromatic carbocycles. The summed E-state index contributed by atoms with van der Waals surface area (Å²) >= 11 is 0. The van der Waals surface area contributed by atoms with Gasteiger partial charge in [0, 0.05) is 37.4 Å². The van der Waals surface area contributed by atoms with Crippen molar-refractivity contribution in [1.82, 2.24) is 4.90 Å². The third-order valence-electron chi connectivity index (χ3n) is 5.75. The number of morpholine rings is 1. The number of halogens is 6. The predicted molar refractivity (Wildman–Crippen MR) is 116 cm³/mol. The molecule has 2 aliphatic rings. The van der Waals surface area contributed by atoms with Gasteiger partial charge in [-0.3, -0.25) is 14.5 Å². The van der Waals surface area contributed by atoms with Crippen LogP contribution in [0.3, 0.4) is 0 Å². The van der Waals surface area contributed by atoms with Crippen LogP contribution in [0.1, 0.15) is 21.5 Å². The van der Waals surface area contributed by atoms with Crippen molar-refractivity contribution in [1.29, 1.82) is 0 Å². The minimum Gasteiger partial charge on any atom is -0.482 e. The number of alkyl halides is 6. The zero-order valence-corrected chi connectivity index (χ0v) is 18.7. The minimum atomic E-state index is -5.08. The Morgan fingerprint density at radius 2 is 1.56 bits per heavy atom. The fraction of sp³-hybridized carbons (Fsp3) is 0.391. The third-order valence-corrected chi connectivity index (χ3v) is 5.75. The molecule has 13 heteroatoms. The molecular weight excluding hydrogens is 496 g/mol. The molecule has 0 aromatic heterocycles. The quantitative estimate of drug-likeness (QED) is 0.607. The molecule has 4 rings (SSSR count). The number of benzene rings is 2. The van der Waals surface area contributed by atoms with Crippen molar-refractivity contribution < 1.29 is 45.4 Å². The molecule has 0 unspecified atom stereocenters. The highest BCUT2D eigenvalue weighted by molar-refractivity contribution is 6.05. The summed E-state index contributed by atoms with van der Waals surface area (Å²) in [5.41, 5.74) is -3.61. The molecule has 2 amide bonds. The van der Waals surface area contributed by atoms with Crippen molar-refractivity contribution in [3.63, 3.8) is 0 Å². The molecule has 2 aliphatic heterocycles. The SMILES string of the molecule is O=C(Nc1ccc2c(c1)N(CCN1CCOCC1)C(=O)CO2)c1cc(C(F)(F)F)cc(C(F)(F)F)c1. The van der Waals surface area contributed by atoms with Gasteiger partial charge in [-0.25, -0.2) is 0 Å². The van der Waals surface area contributed by atoms with Crippen LogP contribution >= 0.6 is 0 Å².